The summed E-state index contributed by atoms with van der Waals surface area (Å²) in [5.41, 5.74) is -0.674. The number of amides is 1. The summed E-state index contributed by atoms with van der Waals surface area (Å²) in [6.45, 7) is 3.84. The molecule has 0 aromatic heterocycles. The first-order valence-electron chi connectivity index (χ1n) is 5.67. The Morgan fingerprint density at radius 1 is 1.53 bits per heavy atom. The summed E-state index contributed by atoms with van der Waals surface area (Å²) in [6.07, 6.45) is 0. The number of hydrogen-bond acceptors (Lipinski definition) is 3. The van der Waals surface area contributed by atoms with Crippen LogP contribution in [0.4, 0.5) is 10.1 Å². The number of halogens is 2. The van der Waals surface area contributed by atoms with Crippen molar-refractivity contribution in [3.05, 3.63) is 39.7 Å². The van der Waals surface area contributed by atoms with Crippen LogP contribution in [0.25, 0.3) is 0 Å². The van der Waals surface area contributed by atoms with Gasteiger partial charge in [-0.25, -0.2) is 4.39 Å². The van der Waals surface area contributed by atoms with Gasteiger partial charge in [0.1, 0.15) is 11.4 Å². The second-order valence-corrected chi connectivity index (χ2v) is 5.04. The molecule has 0 bridgehead atoms. The molecule has 7 heteroatoms. The number of carbonyl (C=O) groups excluding carboxylic acids is 1. The van der Waals surface area contributed by atoms with E-state index in [1.807, 2.05) is 13.8 Å². The molecule has 0 saturated heterocycles. The van der Waals surface area contributed by atoms with Crippen LogP contribution in [-0.4, -0.2) is 22.2 Å². The van der Waals surface area contributed by atoms with Gasteiger partial charge in [0.25, 0.3) is 11.6 Å². The monoisotopic (exact) mass is 332 g/mol. The van der Waals surface area contributed by atoms with Gasteiger partial charge < -0.3 is 5.32 Å². The summed E-state index contributed by atoms with van der Waals surface area (Å²) in [5, 5.41) is 14.0. The van der Waals surface area contributed by atoms with Crippen LogP contribution >= 0.6 is 15.9 Å². The number of hydrogen-bond donors (Lipinski definition) is 1. The third-order valence-corrected chi connectivity index (χ3v) is 3.39. The largest absolute Gasteiger partial charge is 0.348 e. The van der Waals surface area contributed by atoms with Crippen LogP contribution in [0.15, 0.2) is 18.2 Å². The van der Waals surface area contributed by atoms with E-state index in [0.717, 1.165) is 18.2 Å². The number of nitro benzene ring substituents is 1. The minimum absolute atomic E-state index is 0.141. The lowest BCUT2D eigenvalue weighted by molar-refractivity contribution is -0.385. The topological polar surface area (TPSA) is 72.2 Å². The number of rotatable bonds is 5. The fourth-order valence-corrected chi connectivity index (χ4v) is 2.39. The van der Waals surface area contributed by atoms with Gasteiger partial charge >= 0.3 is 0 Å². The molecule has 0 radical (unpaired) electrons. The fourth-order valence-electron chi connectivity index (χ4n) is 1.48. The van der Waals surface area contributed by atoms with Gasteiger partial charge in [0.15, 0.2) is 0 Å². The maximum Gasteiger partial charge on any atom is 0.285 e. The molecular formula is C12H14BrFN2O3. The average molecular weight is 333 g/mol. The molecule has 5 nitrogen and oxygen atoms in total. The maximum absolute atomic E-state index is 13.0. The molecule has 1 atom stereocenters. The number of carbonyl (C=O) groups is 1. The third-order valence-electron chi connectivity index (χ3n) is 2.69. The van der Waals surface area contributed by atoms with Gasteiger partial charge in [-0.3, -0.25) is 14.9 Å². The van der Waals surface area contributed by atoms with Crippen LogP contribution in [0.3, 0.4) is 0 Å². The third kappa shape index (κ3) is 3.99. The van der Waals surface area contributed by atoms with E-state index < -0.39 is 22.3 Å². The van der Waals surface area contributed by atoms with Crippen molar-refractivity contribution in [2.24, 2.45) is 5.92 Å². The smallest absolute Gasteiger partial charge is 0.285 e. The molecule has 0 spiro atoms. The zero-order valence-corrected chi connectivity index (χ0v) is 12.1. The Morgan fingerprint density at radius 3 is 2.63 bits per heavy atom. The van der Waals surface area contributed by atoms with Crippen molar-refractivity contribution in [2.75, 3.05) is 5.33 Å². The van der Waals surface area contributed by atoms with Crippen LogP contribution in [0, 0.1) is 21.8 Å². The number of nitrogens with zero attached hydrogens (tertiary/aromatic N) is 1. The molecular weight excluding hydrogens is 319 g/mol. The summed E-state index contributed by atoms with van der Waals surface area (Å²) in [5.74, 6) is -1.16. The molecule has 0 aliphatic heterocycles. The molecule has 0 aliphatic carbocycles. The van der Waals surface area contributed by atoms with E-state index in [1.54, 1.807) is 0 Å². The van der Waals surface area contributed by atoms with Crippen molar-refractivity contribution in [2.45, 2.75) is 19.9 Å². The average Bonchev–Trinajstić information content (AvgIpc) is 2.34. The molecule has 0 aliphatic rings. The molecule has 1 amide bonds. The van der Waals surface area contributed by atoms with E-state index in [9.17, 15) is 19.3 Å². The Bertz CT molecular complexity index is 494. The lowest BCUT2D eigenvalue weighted by Gasteiger charge is -2.19. The zero-order valence-electron chi connectivity index (χ0n) is 10.5. The Hall–Kier alpha value is -1.50. The standard InChI is InChI=1S/C12H14BrFN2O3/c1-7(2)10(6-13)15-12(17)9-4-3-8(14)5-11(9)16(18)19/h3-5,7,10H,6H2,1-2H3,(H,15,17). The molecule has 1 N–H and O–H groups in total. The molecule has 0 saturated carbocycles. The van der Waals surface area contributed by atoms with E-state index in [0.29, 0.717) is 5.33 Å². The Kier molecular flexibility index (Phi) is 5.41. The van der Waals surface area contributed by atoms with Gasteiger partial charge in [-0.05, 0) is 18.1 Å². The number of nitro groups is 1. The molecule has 0 fully saturated rings. The van der Waals surface area contributed by atoms with Crippen molar-refractivity contribution >= 4 is 27.5 Å². The summed E-state index contributed by atoms with van der Waals surface area (Å²) >= 11 is 3.27. The Labute approximate surface area is 118 Å². The van der Waals surface area contributed by atoms with Crippen LogP contribution in [-0.2, 0) is 0 Å². The van der Waals surface area contributed by atoms with E-state index in [1.165, 1.54) is 0 Å². The van der Waals surface area contributed by atoms with Crippen molar-refractivity contribution in [1.29, 1.82) is 0 Å². The van der Waals surface area contributed by atoms with Gasteiger partial charge in [0.05, 0.1) is 11.0 Å². The molecule has 1 unspecified atom stereocenters. The molecule has 104 valence electrons. The summed E-state index contributed by atoms with van der Waals surface area (Å²) < 4.78 is 13.0. The van der Waals surface area contributed by atoms with Crippen LogP contribution < -0.4 is 5.32 Å². The predicted octanol–water partition coefficient (Wildman–Crippen LogP) is 2.88. The predicted molar refractivity (Wildman–Crippen MR) is 72.9 cm³/mol. The molecule has 1 rings (SSSR count). The SMILES string of the molecule is CC(C)C(CBr)NC(=O)c1ccc(F)cc1[N+](=O)[O-]. The van der Waals surface area contributed by atoms with Gasteiger partial charge in [-0.1, -0.05) is 29.8 Å². The first-order chi connectivity index (χ1) is 8.86. The van der Waals surface area contributed by atoms with E-state index in [4.69, 9.17) is 0 Å². The summed E-state index contributed by atoms with van der Waals surface area (Å²) in [4.78, 5) is 22.0. The fraction of sp³-hybridized carbons (Fsp3) is 0.417. The van der Waals surface area contributed by atoms with E-state index in [-0.39, 0.29) is 17.5 Å². The van der Waals surface area contributed by atoms with Gasteiger partial charge in [0.2, 0.25) is 0 Å². The van der Waals surface area contributed by atoms with Gasteiger partial charge in [-0.2, -0.15) is 0 Å². The van der Waals surface area contributed by atoms with E-state index in [2.05, 4.69) is 21.2 Å². The molecule has 0 heterocycles. The van der Waals surface area contributed by atoms with Crippen molar-refractivity contribution in [1.82, 2.24) is 5.32 Å². The van der Waals surface area contributed by atoms with Crippen molar-refractivity contribution in [3.8, 4) is 0 Å². The Balaban J connectivity index is 3.03. The van der Waals surface area contributed by atoms with Crippen LogP contribution in [0.1, 0.15) is 24.2 Å². The highest BCUT2D eigenvalue weighted by atomic mass is 79.9. The summed E-state index contributed by atoms with van der Waals surface area (Å²) in [7, 11) is 0. The lowest BCUT2D eigenvalue weighted by atomic mass is 10.1. The highest BCUT2D eigenvalue weighted by molar-refractivity contribution is 9.09. The molecule has 1 aromatic rings. The lowest BCUT2D eigenvalue weighted by Crippen LogP contribution is -2.39. The highest BCUT2D eigenvalue weighted by Crippen LogP contribution is 2.20. The highest BCUT2D eigenvalue weighted by Gasteiger charge is 2.23. The molecule has 1 aromatic carbocycles. The van der Waals surface area contributed by atoms with Crippen molar-refractivity contribution in [3.63, 3.8) is 0 Å². The second kappa shape index (κ2) is 6.60. The minimum Gasteiger partial charge on any atom is -0.348 e. The van der Waals surface area contributed by atoms with Crippen LogP contribution in [0.5, 0.6) is 0 Å². The quantitative estimate of drug-likeness (QED) is 0.512. The van der Waals surface area contributed by atoms with Gasteiger partial charge in [-0.15, -0.1) is 0 Å². The van der Waals surface area contributed by atoms with Crippen molar-refractivity contribution < 1.29 is 14.1 Å². The summed E-state index contributed by atoms with van der Waals surface area (Å²) in [6, 6.07) is 2.74. The number of nitrogens with one attached hydrogen (secondary N) is 1. The second-order valence-electron chi connectivity index (χ2n) is 4.40. The molecule has 19 heavy (non-hydrogen) atoms. The zero-order chi connectivity index (χ0) is 14.6. The van der Waals surface area contributed by atoms with Crippen LogP contribution in [0.2, 0.25) is 0 Å². The normalized spacial score (nSPS) is 12.3. The number of alkyl halides is 1. The van der Waals surface area contributed by atoms with Gasteiger partial charge in [0, 0.05) is 11.4 Å². The number of benzene rings is 1. The van der Waals surface area contributed by atoms with E-state index >= 15 is 0 Å². The Morgan fingerprint density at radius 2 is 2.16 bits per heavy atom. The first kappa shape index (κ1) is 15.6. The first-order valence-corrected chi connectivity index (χ1v) is 6.79. The maximum atomic E-state index is 13.0. The minimum atomic E-state index is -0.767.